The number of aliphatic carboxylic acids is 1. The monoisotopic (exact) mass is 276 g/mol. The number of rotatable bonds is 5. The molecule has 0 spiro atoms. The Kier molecular flexibility index (Phi) is 4.02. The maximum Gasteiger partial charge on any atom is 0.307 e. The Morgan fingerprint density at radius 1 is 1.35 bits per heavy atom. The van der Waals surface area contributed by atoms with Crippen molar-refractivity contribution in [2.24, 2.45) is 0 Å². The van der Waals surface area contributed by atoms with Crippen LogP contribution in [0.3, 0.4) is 0 Å². The predicted octanol–water partition coefficient (Wildman–Crippen LogP) is 2.05. The average Bonchev–Trinajstić information content (AvgIpc) is 2.37. The number of ether oxygens (including phenoxy) is 2. The van der Waals surface area contributed by atoms with Crippen LogP contribution in [0.5, 0.6) is 11.6 Å². The van der Waals surface area contributed by atoms with E-state index in [9.17, 15) is 4.79 Å². The van der Waals surface area contributed by atoms with E-state index in [0.29, 0.717) is 28.1 Å². The molecule has 0 aliphatic carbocycles. The Balaban J connectivity index is 2.59. The fraction of sp³-hybridized carbons (Fsp3) is 0.357. The highest BCUT2D eigenvalue weighted by atomic mass is 16.5. The first-order chi connectivity index (χ1) is 9.51. The Bertz CT molecular complexity index is 640. The van der Waals surface area contributed by atoms with E-state index < -0.39 is 5.97 Å². The number of hydrogen-bond donors (Lipinski definition) is 1. The molecule has 0 atom stereocenters. The lowest BCUT2D eigenvalue weighted by Crippen LogP contribution is -2.08. The van der Waals surface area contributed by atoms with Crippen molar-refractivity contribution >= 4 is 16.9 Å². The average molecular weight is 276 g/mol. The Morgan fingerprint density at radius 2 is 2.10 bits per heavy atom. The second-order valence-corrected chi connectivity index (χ2v) is 4.60. The third-order valence-corrected chi connectivity index (χ3v) is 2.69. The van der Waals surface area contributed by atoms with Crippen molar-refractivity contribution < 1.29 is 19.4 Å². The molecule has 106 valence electrons. The van der Waals surface area contributed by atoms with E-state index in [2.05, 4.69) is 9.97 Å². The van der Waals surface area contributed by atoms with Crippen molar-refractivity contribution in [1.82, 2.24) is 9.97 Å². The molecule has 1 aromatic heterocycles. The molecule has 1 N–H and O–H groups in total. The van der Waals surface area contributed by atoms with Crippen molar-refractivity contribution in [2.45, 2.75) is 26.4 Å². The number of aromatic nitrogens is 2. The van der Waals surface area contributed by atoms with Gasteiger partial charge in [0.25, 0.3) is 0 Å². The zero-order chi connectivity index (χ0) is 14.7. The van der Waals surface area contributed by atoms with Gasteiger partial charge in [0.2, 0.25) is 5.88 Å². The molecule has 0 aliphatic rings. The fourth-order valence-corrected chi connectivity index (χ4v) is 1.91. The molecule has 0 saturated carbocycles. The predicted molar refractivity (Wildman–Crippen MR) is 73.2 cm³/mol. The lowest BCUT2D eigenvalue weighted by Gasteiger charge is -2.13. The second-order valence-electron chi connectivity index (χ2n) is 4.60. The van der Waals surface area contributed by atoms with Gasteiger partial charge in [-0.05, 0) is 19.9 Å². The molecule has 0 aliphatic heterocycles. The lowest BCUT2D eigenvalue weighted by atomic mass is 10.1. The van der Waals surface area contributed by atoms with Crippen LogP contribution in [0.4, 0.5) is 0 Å². The number of carboxylic acids is 1. The third-order valence-electron chi connectivity index (χ3n) is 2.69. The summed E-state index contributed by atoms with van der Waals surface area (Å²) in [4.78, 5) is 19.2. The molecular formula is C14H16N2O4. The molecular weight excluding hydrogens is 260 g/mol. The number of carboxylic acid groups (broad SMARTS) is 1. The first kappa shape index (κ1) is 14.0. The Hall–Kier alpha value is -2.37. The van der Waals surface area contributed by atoms with Gasteiger partial charge in [-0.3, -0.25) is 4.79 Å². The molecule has 0 bridgehead atoms. The van der Waals surface area contributed by atoms with Crippen LogP contribution in [0.25, 0.3) is 10.9 Å². The Labute approximate surface area is 116 Å². The van der Waals surface area contributed by atoms with Gasteiger partial charge >= 0.3 is 5.97 Å². The number of nitrogens with zero attached hydrogens (tertiary/aromatic N) is 2. The highest BCUT2D eigenvalue weighted by Gasteiger charge is 2.14. The smallest absolute Gasteiger partial charge is 0.307 e. The van der Waals surface area contributed by atoms with E-state index in [1.165, 1.54) is 13.4 Å². The van der Waals surface area contributed by atoms with Crippen LogP contribution < -0.4 is 9.47 Å². The number of carbonyl (C=O) groups is 1. The first-order valence-corrected chi connectivity index (χ1v) is 6.21. The summed E-state index contributed by atoms with van der Waals surface area (Å²) in [5, 5.41) is 9.63. The Morgan fingerprint density at radius 3 is 2.70 bits per heavy atom. The highest BCUT2D eigenvalue weighted by molar-refractivity contribution is 5.87. The topological polar surface area (TPSA) is 81.5 Å². The number of benzene rings is 1. The molecule has 0 fully saturated rings. The minimum Gasteiger partial charge on any atom is -0.496 e. The van der Waals surface area contributed by atoms with Crippen molar-refractivity contribution in [1.29, 1.82) is 0 Å². The van der Waals surface area contributed by atoms with Crippen LogP contribution in [0, 0.1) is 0 Å². The van der Waals surface area contributed by atoms with Crippen molar-refractivity contribution in [3.63, 3.8) is 0 Å². The molecule has 1 heterocycles. The van der Waals surface area contributed by atoms with Crippen molar-refractivity contribution in [2.75, 3.05) is 7.11 Å². The first-order valence-electron chi connectivity index (χ1n) is 6.21. The van der Waals surface area contributed by atoms with E-state index in [-0.39, 0.29) is 12.5 Å². The molecule has 2 aromatic rings. The van der Waals surface area contributed by atoms with Gasteiger partial charge in [-0.1, -0.05) is 0 Å². The van der Waals surface area contributed by atoms with E-state index in [1.54, 1.807) is 12.1 Å². The molecule has 20 heavy (non-hydrogen) atoms. The summed E-state index contributed by atoms with van der Waals surface area (Å²) in [7, 11) is 1.50. The van der Waals surface area contributed by atoms with Crippen LogP contribution in [-0.2, 0) is 11.2 Å². The summed E-state index contributed by atoms with van der Waals surface area (Å²) < 4.78 is 10.8. The maximum absolute atomic E-state index is 10.9. The highest BCUT2D eigenvalue weighted by Crippen LogP contribution is 2.30. The van der Waals surface area contributed by atoms with Gasteiger partial charge in [0, 0.05) is 11.6 Å². The summed E-state index contributed by atoms with van der Waals surface area (Å²) in [5.41, 5.74) is 1.22. The number of methoxy groups -OCH3 is 1. The minimum absolute atomic E-state index is 0.0295. The summed E-state index contributed by atoms with van der Waals surface area (Å²) in [6.45, 7) is 3.80. The van der Waals surface area contributed by atoms with Gasteiger partial charge in [0.1, 0.15) is 12.1 Å². The molecule has 0 unspecified atom stereocenters. The van der Waals surface area contributed by atoms with Crippen LogP contribution in [0.1, 0.15) is 19.4 Å². The van der Waals surface area contributed by atoms with Crippen LogP contribution >= 0.6 is 0 Å². The van der Waals surface area contributed by atoms with Crippen molar-refractivity contribution in [3.05, 3.63) is 24.0 Å². The van der Waals surface area contributed by atoms with Gasteiger partial charge < -0.3 is 14.6 Å². The van der Waals surface area contributed by atoms with Gasteiger partial charge in [-0.25, -0.2) is 9.97 Å². The molecule has 1 aromatic carbocycles. The maximum atomic E-state index is 10.9. The normalized spacial score (nSPS) is 10.8. The molecule has 6 nitrogen and oxygen atoms in total. The van der Waals surface area contributed by atoms with E-state index >= 15 is 0 Å². The van der Waals surface area contributed by atoms with Gasteiger partial charge in [-0.15, -0.1) is 0 Å². The standard InChI is InChI=1S/C14H16N2O4/c1-8(2)20-14-10-4-9(5-13(17)18)12(19-3)6-11(10)15-7-16-14/h4,6-8H,5H2,1-3H3,(H,17,18). The van der Waals surface area contributed by atoms with Crippen LogP contribution in [0.15, 0.2) is 18.5 Å². The quantitative estimate of drug-likeness (QED) is 0.900. The number of hydrogen-bond acceptors (Lipinski definition) is 5. The van der Waals surface area contributed by atoms with E-state index in [1.807, 2.05) is 13.8 Å². The summed E-state index contributed by atoms with van der Waals surface area (Å²) in [6.07, 6.45) is 1.25. The van der Waals surface area contributed by atoms with Gasteiger partial charge in [-0.2, -0.15) is 0 Å². The van der Waals surface area contributed by atoms with Crippen LogP contribution in [0.2, 0.25) is 0 Å². The summed E-state index contributed by atoms with van der Waals surface area (Å²) >= 11 is 0. The SMILES string of the molecule is COc1cc2ncnc(OC(C)C)c2cc1CC(=O)O. The van der Waals surface area contributed by atoms with E-state index in [0.717, 1.165) is 0 Å². The molecule has 6 heteroatoms. The fourth-order valence-electron chi connectivity index (χ4n) is 1.91. The summed E-state index contributed by atoms with van der Waals surface area (Å²) in [5.74, 6) is 0.0132. The lowest BCUT2D eigenvalue weighted by molar-refractivity contribution is -0.136. The van der Waals surface area contributed by atoms with E-state index in [4.69, 9.17) is 14.6 Å². The molecule has 0 radical (unpaired) electrons. The second kappa shape index (κ2) is 5.73. The zero-order valence-electron chi connectivity index (χ0n) is 11.6. The molecule has 0 amide bonds. The summed E-state index contributed by atoms with van der Waals surface area (Å²) in [6, 6.07) is 3.41. The molecule has 0 saturated heterocycles. The van der Waals surface area contributed by atoms with Gasteiger partial charge in [0.15, 0.2) is 0 Å². The number of fused-ring (bicyclic) bond motifs is 1. The van der Waals surface area contributed by atoms with Gasteiger partial charge in [0.05, 0.1) is 30.5 Å². The minimum atomic E-state index is -0.925. The molecule has 2 rings (SSSR count). The zero-order valence-corrected chi connectivity index (χ0v) is 11.6. The van der Waals surface area contributed by atoms with Crippen molar-refractivity contribution in [3.8, 4) is 11.6 Å². The largest absolute Gasteiger partial charge is 0.496 e. The third kappa shape index (κ3) is 2.96. The van der Waals surface area contributed by atoms with Crippen LogP contribution in [-0.4, -0.2) is 34.3 Å².